The van der Waals surface area contributed by atoms with E-state index in [1.54, 1.807) is 35.6 Å². The lowest BCUT2D eigenvalue weighted by molar-refractivity contribution is 0.0272. The fourth-order valence-electron chi connectivity index (χ4n) is 4.53. The molecule has 0 unspecified atom stereocenters. The first kappa shape index (κ1) is 26.6. The second-order valence-corrected chi connectivity index (χ2v) is 11.4. The molecule has 9 nitrogen and oxygen atoms in total. The van der Waals surface area contributed by atoms with Crippen LogP contribution in [0.4, 0.5) is 9.18 Å². The molecule has 1 aliphatic heterocycles. The minimum absolute atomic E-state index is 0.249. The average Bonchev–Trinajstić information content (AvgIpc) is 3.47. The van der Waals surface area contributed by atoms with Crippen LogP contribution in [0, 0.1) is 5.82 Å². The summed E-state index contributed by atoms with van der Waals surface area (Å²) in [6.45, 7) is 10.1. The van der Waals surface area contributed by atoms with Gasteiger partial charge in [0.15, 0.2) is 0 Å². The maximum absolute atomic E-state index is 13.7. The number of fused-ring (bicyclic) bond motifs is 1. The zero-order chi connectivity index (χ0) is 27.9. The van der Waals surface area contributed by atoms with E-state index < -0.39 is 11.2 Å². The number of amides is 1. The molecule has 4 heterocycles. The van der Waals surface area contributed by atoms with Crippen LogP contribution in [0.3, 0.4) is 0 Å². The summed E-state index contributed by atoms with van der Waals surface area (Å²) >= 11 is 0. The van der Waals surface area contributed by atoms with Crippen LogP contribution in [0.5, 0.6) is 0 Å². The molecule has 3 aromatic heterocycles. The second kappa shape index (κ2) is 9.92. The highest BCUT2D eigenvalue weighted by Crippen LogP contribution is 2.36. The fourth-order valence-corrected chi connectivity index (χ4v) is 4.53. The molecule has 0 bridgehead atoms. The first-order valence-corrected chi connectivity index (χ1v) is 12.8. The molecule has 204 valence electrons. The third-order valence-electron chi connectivity index (χ3n) is 6.13. The molecule has 1 N–H and O–H groups in total. The van der Waals surface area contributed by atoms with Crippen LogP contribution in [0.1, 0.15) is 46.8 Å². The van der Waals surface area contributed by atoms with Gasteiger partial charge in [0.25, 0.3) is 0 Å². The summed E-state index contributed by atoms with van der Waals surface area (Å²) in [5, 5.41) is 15.8. The fraction of sp³-hybridized carbons (Fsp3) is 0.379. The topological polar surface area (TPSA) is 107 Å². The van der Waals surface area contributed by atoms with Crippen LogP contribution in [0.25, 0.3) is 39.2 Å². The number of hydrogen-bond donors (Lipinski definition) is 1. The SMILES string of the molecule is CC(C)(O)Cn1cc(-c2ncnc3oc(C4=CCCN(C(=O)OC(C)(C)C)C4)cc23)c(-c2ccc(F)cc2)n1. The predicted octanol–water partition coefficient (Wildman–Crippen LogP) is 5.69. The Morgan fingerprint density at radius 2 is 1.87 bits per heavy atom. The van der Waals surface area contributed by atoms with Crippen LogP contribution in [0.2, 0.25) is 0 Å². The molecule has 39 heavy (non-hydrogen) atoms. The van der Waals surface area contributed by atoms with Crippen LogP contribution >= 0.6 is 0 Å². The lowest BCUT2D eigenvalue weighted by Crippen LogP contribution is -2.39. The zero-order valence-electron chi connectivity index (χ0n) is 22.7. The standard InChI is InChI=1S/C29H32FN5O4/c1-28(2,3)39-27(36)34-12-6-7-19(14-34)23-13-21-25(31-17-32-26(21)38-23)22-15-35(16-29(4,5)37)33-24(22)18-8-10-20(30)11-9-18/h7-11,13,15,17,37H,6,12,14,16H2,1-5H3. The van der Waals surface area contributed by atoms with Gasteiger partial charge in [-0.1, -0.05) is 6.08 Å². The van der Waals surface area contributed by atoms with Crippen molar-refractivity contribution in [3.05, 3.63) is 60.5 Å². The summed E-state index contributed by atoms with van der Waals surface area (Å²) in [5.41, 5.74) is 2.25. The van der Waals surface area contributed by atoms with E-state index in [-0.39, 0.29) is 18.5 Å². The average molecular weight is 534 g/mol. The molecule has 10 heteroatoms. The largest absolute Gasteiger partial charge is 0.444 e. The number of halogens is 1. The van der Waals surface area contributed by atoms with Crippen molar-refractivity contribution in [2.45, 2.75) is 58.8 Å². The molecule has 0 saturated heterocycles. The van der Waals surface area contributed by atoms with Gasteiger partial charge in [0.2, 0.25) is 5.71 Å². The number of aromatic nitrogens is 4. The molecule has 0 radical (unpaired) electrons. The third kappa shape index (κ3) is 6.01. The van der Waals surface area contributed by atoms with Gasteiger partial charge in [0.1, 0.15) is 29.2 Å². The Hall–Kier alpha value is -4.05. The quantitative estimate of drug-likeness (QED) is 0.351. The van der Waals surface area contributed by atoms with E-state index in [0.29, 0.717) is 58.9 Å². The highest BCUT2D eigenvalue weighted by molar-refractivity contribution is 5.95. The molecule has 1 amide bonds. The van der Waals surface area contributed by atoms with E-state index in [1.807, 2.05) is 33.0 Å². The monoisotopic (exact) mass is 533 g/mol. The molecule has 5 rings (SSSR count). The van der Waals surface area contributed by atoms with Crippen LogP contribution < -0.4 is 0 Å². The van der Waals surface area contributed by atoms with Crippen molar-refractivity contribution in [1.82, 2.24) is 24.6 Å². The predicted molar refractivity (Wildman–Crippen MR) is 145 cm³/mol. The zero-order valence-corrected chi connectivity index (χ0v) is 22.7. The molecule has 1 aliphatic rings. The summed E-state index contributed by atoms with van der Waals surface area (Å²) < 4.78 is 27.0. The van der Waals surface area contributed by atoms with E-state index in [9.17, 15) is 14.3 Å². The molecule has 0 aliphatic carbocycles. The van der Waals surface area contributed by atoms with Crippen LogP contribution in [-0.4, -0.2) is 60.1 Å². The molecule has 0 atom stereocenters. The number of aliphatic hydroxyl groups is 1. The minimum Gasteiger partial charge on any atom is -0.444 e. The third-order valence-corrected chi connectivity index (χ3v) is 6.13. The lowest BCUT2D eigenvalue weighted by Gasteiger charge is -2.29. The Labute approximate surface area is 225 Å². The Morgan fingerprint density at radius 1 is 1.13 bits per heavy atom. The van der Waals surface area contributed by atoms with Crippen molar-refractivity contribution in [3.63, 3.8) is 0 Å². The van der Waals surface area contributed by atoms with E-state index >= 15 is 0 Å². The number of rotatable bonds is 5. The Kier molecular flexibility index (Phi) is 6.76. The van der Waals surface area contributed by atoms with Gasteiger partial charge < -0.3 is 19.2 Å². The summed E-state index contributed by atoms with van der Waals surface area (Å²) in [5.74, 6) is 0.244. The number of hydrogen-bond acceptors (Lipinski definition) is 7. The molecule has 1 aromatic carbocycles. The van der Waals surface area contributed by atoms with Crippen molar-refractivity contribution in [1.29, 1.82) is 0 Å². The van der Waals surface area contributed by atoms with Gasteiger partial charge in [-0.25, -0.2) is 19.2 Å². The smallest absolute Gasteiger partial charge is 0.410 e. The molecular formula is C29H32FN5O4. The van der Waals surface area contributed by atoms with Gasteiger partial charge >= 0.3 is 6.09 Å². The highest BCUT2D eigenvalue weighted by atomic mass is 19.1. The lowest BCUT2D eigenvalue weighted by atomic mass is 10.0. The van der Waals surface area contributed by atoms with Gasteiger partial charge in [0, 0.05) is 29.4 Å². The van der Waals surface area contributed by atoms with E-state index in [4.69, 9.17) is 14.3 Å². The molecule has 4 aromatic rings. The summed E-state index contributed by atoms with van der Waals surface area (Å²) in [4.78, 5) is 23.2. The van der Waals surface area contributed by atoms with Gasteiger partial charge in [-0.3, -0.25) is 4.68 Å². The number of furan rings is 1. The van der Waals surface area contributed by atoms with Gasteiger partial charge in [-0.15, -0.1) is 0 Å². The van der Waals surface area contributed by atoms with Crippen molar-refractivity contribution in [2.24, 2.45) is 0 Å². The number of nitrogens with zero attached hydrogens (tertiary/aromatic N) is 5. The summed E-state index contributed by atoms with van der Waals surface area (Å²) in [6, 6.07) is 7.95. The minimum atomic E-state index is -0.999. The number of benzene rings is 1. The van der Waals surface area contributed by atoms with Gasteiger partial charge in [-0.05, 0) is 71.4 Å². The first-order valence-electron chi connectivity index (χ1n) is 12.8. The van der Waals surface area contributed by atoms with Gasteiger partial charge in [-0.2, -0.15) is 5.10 Å². The molecule has 0 saturated carbocycles. The van der Waals surface area contributed by atoms with Crippen molar-refractivity contribution in [3.8, 4) is 22.5 Å². The first-order chi connectivity index (χ1) is 18.4. The summed E-state index contributed by atoms with van der Waals surface area (Å²) in [7, 11) is 0. The highest BCUT2D eigenvalue weighted by Gasteiger charge is 2.27. The van der Waals surface area contributed by atoms with Crippen molar-refractivity contribution in [2.75, 3.05) is 13.1 Å². The van der Waals surface area contributed by atoms with E-state index in [0.717, 1.165) is 5.57 Å². The van der Waals surface area contributed by atoms with Crippen LogP contribution in [-0.2, 0) is 11.3 Å². The maximum atomic E-state index is 13.7. The number of carbonyl (C=O) groups is 1. The second-order valence-electron chi connectivity index (χ2n) is 11.4. The normalized spacial score (nSPS) is 14.5. The summed E-state index contributed by atoms with van der Waals surface area (Å²) in [6.07, 6.45) is 5.59. The van der Waals surface area contributed by atoms with E-state index in [1.165, 1.54) is 18.5 Å². The Bertz CT molecular complexity index is 1540. The number of carbonyl (C=O) groups excluding carboxylic acids is 1. The van der Waals surface area contributed by atoms with Crippen LogP contribution in [0.15, 0.2) is 53.3 Å². The Balaban J connectivity index is 1.54. The van der Waals surface area contributed by atoms with Crippen molar-refractivity contribution >= 4 is 22.8 Å². The van der Waals surface area contributed by atoms with E-state index in [2.05, 4.69) is 16.0 Å². The molecule has 0 spiro atoms. The van der Waals surface area contributed by atoms with Gasteiger partial charge in [0.05, 0.1) is 29.8 Å². The molecular weight excluding hydrogens is 501 g/mol. The maximum Gasteiger partial charge on any atom is 0.410 e. The Morgan fingerprint density at radius 3 is 2.56 bits per heavy atom. The van der Waals surface area contributed by atoms with Crippen molar-refractivity contribution < 1.29 is 23.4 Å². The number of ether oxygens (including phenoxy) is 1. The molecule has 0 fully saturated rings.